The van der Waals surface area contributed by atoms with Crippen molar-refractivity contribution in [3.05, 3.63) is 26.7 Å². The Morgan fingerprint density at radius 3 is 2.80 bits per heavy atom. The highest BCUT2D eigenvalue weighted by Crippen LogP contribution is 2.15. The third-order valence-corrected chi connectivity index (χ3v) is 3.72. The summed E-state index contributed by atoms with van der Waals surface area (Å²) in [6.45, 7) is 3.72. The molecule has 0 amide bonds. The Morgan fingerprint density at radius 2 is 2.27 bits per heavy atom. The van der Waals surface area contributed by atoms with Gasteiger partial charge in [0.15, 0.2) is 5.78 Å². The monoisotopic (exact) mass is 239 g/mol. The molecular formula is C9H9N3OS2. The van der Waals surface area contributed by atoms with E-state index in [9.17, 15) is 4.79 Å². The number of ketones is 1. The van der Waals surface area contributed by atoms with Gasteiger partial charge in [-0.25, -0.2) is 4.98 Å². The quantitative estimate of drug-likeness (QED) is 0.769. The number of thiazole rings is 1. The van der Waals surface area contributed by atoms with Crippen molar-refractivity contribution in [3.63, 3.8) is 0 Å². The van der Waals surface area contributed by atoms with Crippen LogP contribution in [0.3, 0.4) is 0 Å². The molecule has 0 saturated carbocycles. The molecule has 0 aromatic carbocycles. The van der Waals surface area contributed by atoms with Crippen molar-refractivity contribution in [2.75, 3.05) is 0 Å². The first-order chi connectivity index (χ1) is 7.16. The zero-order valence-corrected chi connectivity index (χ0v) is 9.98. The number of aromatic nitrogens is 3. The zero-order valence-electron chi connectivity index (χ0n) is 8.35. The van der Waals surface area contributed by atoms with Crippen LogP contribution in [0.1, 0.15) is 26.1 Å². The molecule has 0 bridgehead atoms. The summed E-state index contributed by atoms with van der Waals surface area (Å²) in [6, 6.07) is 0. The highest BCUT2D eigenvalue weighted by atomic mass is 32.1. The van der Waals surface area contributed by atoms with Crippen LogP contribution in [0.5, 0.6) is 0 Å². The Hall–Kier alpha value is -1.14. The summed E-state index contributed by atoms with van der Waals surface area (Å²) in [5, 5.41) is 6.61. The maximum atomic E-state index is 11.8. The summed E-state index contributed by atoms with van der Waals surface area (Å²) in [7, 11) is 0. The molecule has 2 aromatic heterocycles. The van der Waals surface area contributed by atoms with Crippen molar-refractivity contribution >= 4 is 28.7 Å². The number of carbonyl (C=O) groups excluding carboxylic acids is 1. The Balaban J connectivity index is 2.14. The van der Waals surface area contributed by atoms with Gasteiger partial charge in [0.2, 0.25) is 0 Å². The second-order valence-corrected chi connectivity index (χ2v) is 4.87. The normalized spacial score (nSPS) is 10.5. The van der Waals surface area contributed by atoms with Crippen molar-refractivity contribution in [2.45, 2.75) is 20.3 Å². The number of hydrogen-bond acceptors (Lipinski definition) is 6. The van der Waals surface area contributed by atoms with Crippen LogP contribution in [0.4, 0.5) is 0 Å². The molecule has 2 heterocycles. The zero-order chi connectivity index (χ0) is 10.8. The lowest BCUT2D eigenvalue weighted by Gasteiger charge is -1.93. The molecule has 0 unspecified atom stereocenters. The van der Waals surface area contributed by atoms with Crippen molar-refractivity contribution < 1.29 is 4.79 Å². The van der Waals surface area contributed by atoms with E-state index in [0.29, 0.717) is 17.0 Å². The number of Topliss-reactive ketones (excluding diaryl/α,β-unsaturated/α-hetero) is 1. The van der Waals surface area contributed by atoms with E-state index >= 15 is 0 Å². The predicted molar refractivity (Wildman–Crippen MR) is 59.5 cm³/mol. The third kappa shape index (κ3) is 2.27. The SMILES string of the molecule is Cc1csc(CC(=O)c2snnc2C)n1. The van der Waals surface area contributed by atoms with Crippen LogP contribution < -0.4 is 0 Å². The molecule has 0 aliphatic carbocycles. The van der Waals surface area contributed by atoms with Crippen LogP contribution in [0.25, 0.3) is 0 Å². The first-order valence-corrected chi connectivity index (χ1v) is 6.05. The van der Waals surface area contributed by atoms with E-state index in [1.54, 1.807) is 6.92 Å². The molecule has 78 valence electrons. The molecule has 0 aliphatic heterocycles. The van der Waals surface area contributed by atoms with Gasteiger partial charge in [-0.2, -0.15) is 0 Å². The van der Waals surface area contributed by atoms with Crippen LogP contribution in [0.15, 0.2) is 5.38 Å². The standard InChI is InChI=1S/C9H9N3OS2/c1-5-4-14-8(10-5)3-7(13)9-6(2)11-12-15-9/h4H,3H2,1-2H3. The Kier molecular flexibility index (Phi) is 2.88. The molecule has 0 N–H and O–H groups in total. The van der Waals surface area contributed by atoms with Crippen molar-refractivity contribution in [2.24, 2.45) is 0 Å². The average Bonchev–Trinajstić information content (AvgIpc) is 2.75. The Bertz CT molecular complexity index is 489. The largest absolute Gasteiger partial charge is 0.293 e. The van der Waals surface area contributed by atoms with Gasteiger partial charge < -0.3 is 0 Å². The van der Waals surface area contributed by atoms with Crippen LogP contribution >= 0.6 is 22.9 Å². The number of carbonyl (C=O) groups is 1. The third-order valence-electron chi connectivity index (χ3n) is 1.88. The summed E-state index contributed by atoms with van der Waals surface area (Å²) >= 11 is 2.66. The smallest absolute Gasteiger partial charge is 0.183 e. The molecule has 0 radical (unpaired) electrons. The fourth-order valence-corrected chi connectivity index (χ4v) is 2.55. The summed E-state index contributed by atoms with van der Waals surface area (Å²) in [4.78, 5) is 16.7. The first-order valence-electron chi connectivity index (χ1n) is 4.40. The fourth-order valence-electron chi connectivity index (χ4n) is 1.19. The Labute approximate surface area is 95.2 Å². The molecule has 0 atom stereocenters. The molecule has 0 aliphatic rings. The maximum Gasteiger partial charge on any atom is 0.183 e. The highest BCUT2D eigenvalue weighted by Gasteiger charge is 2.15. The van der Waals surface area contributed by atoms with E-state index < -0.39 is 0 Å². The minimum atomic E-state index is 0.0526. The maximum absolute atomic E-state index is 11.8. The molecule has 2 aromatic rings. The van der Waals surface area contributed by atoms with Crippen molar-refractivity contribution in [1.29, 1.82) is 0 Å². The van der Waals surface area contributed by atoms with E-state index in [1.807, 2.05) is 12.3 Å². The second kappa shape index (κ2) is 4.16. The van der Waals surface area contributed by atoms with Gasteiger partial charge in [-0.15, -0.1) is 16.4 Å². The van der Waals surface area contributed by atoms with Gasteiger partial charge in [-0.3, -0.25) is 4.79 Å². The van der Waals surface area contributed by atoms with Gasteiger partial charge in [0, 0.05) is 11.1 Å². The molecule has 6 heteroatoms. The molecule has 0 saturated heterocycles. The molecule has 2 rings (SSSR count). The lowest BCUT2D eigenvalue weighted by molar-refractivity contribution is 0.0996. The summed E-state index contributed by atoms with van der Waals surface area (Å²) in [5.41, 5.74) is 1.67. The number of rotatable bonds is 3. The van der Waals surface area contributed by atoms with E-state index in [4.69, 9.17) is 0 Å². The number of hydrogen-bond donors (Lipinski definition) is 0. The predicted octanol–water partition coefficient (Wildman–Crippen LogP) is 2.04. The second-order valence-electron chi connectivity index (χ2n) is 3.17. The van der Waals surface area contributed by atoms with Gasteiger partial charge in [-0.1, -0.05) is 4.49 Å². The minimum Gasteiger partial charge on any atom is -0.293 e. The van der Waals surface area contributed by atoms with E-state index in [2.05, 4.69) is 14.6 Å². The molecule has 0 fully saturated rings. The minimum absolute atomic E-state index is 0.0526. The van der Waals surface area contributed by atoms with Gasteiger partial charge in [0.05, 0.1) is 12.1 Å². The van der Waals surface area contributed by atoms with Crippen molar-refractivity contribution in [3.8, 4) is 0 Å². The topological polar surface area (TPSA) is 55.7 Å². The van der Waals surface area contributed by atoms with Crippen molar-refractivity contribution in [1.82, 2.24) is 14.6 Å². The molecular weight excluding hydrogens is 230 g/mol. The molecule has 4 nitrogen and oxygen atoms in total. The van der Waals surface area contributed by atoms with Crippen LogP contribution in [-0.2, 0) is 6.42 Å². The molecule has 15 heavy (non-hydrogen) atoms. The number of aryl methyl sites for hydroxylation is 2. The van der Waals surface area contributed by atoms with E-state index in [-0.39, 0.29) is 5.78 Å². The van der Waals surface area contributed by atoms with Gasteiger partial charge in [0.25, 0.3) is 0 Å². The molecule has 0 spiro atoms. The highest BCUT2D eigenvalue weighted by molar-refractivity contribution is 7.10. The average molecular weight is 239 g/mol. The Morgan fingerprint density at radius 1 is 1.47 bits per heavy atom. The van der Waals surface area contributed by atoms with Gasteiger partial charge in [0.1, 0.15) is 9.88 Å². The van der Waals surface area contributed by atoms with Crippen LogP contribution in [0.2, 0.25) is 0 Å². The summed E-state index contributed by atoms with van der Waals surface area (Å²) in [5.74, 6) is 0.0526. The van der Waals surface area contributed by atoms with Crippen LogP contribution in [-0.4, -0.2) is 20.4 Å². The first kappa shape index (κ1) is 10.4. The van der Waals surface area contributed by atoms with Gasteiger partial charge in [-0.05, 0) is 25.4 Å². The van der Waals surface area contributed by atoms with E-state index in [1.165, 1.54) is 11.3 Å². The lowest BCUT2D eigenvalue weighted by atomic mass is 10.2. The summed E-state index contributed by atoms with van der Waals surface area (Å²) < 4.78 is 3.74. The van der Waals surface area contributed by atoms with Gasteiger partial charge >= 0.3 is 0 Å². The number of nitrogens with zero attached hydrogens (tertiary/aromatic N) is 3. The van der Waals surface area contributed by atoms with Crippen LogP contribution in [0, 0.1) is 13.8 Å². The summed E-state index contributed by atoms with van der Waals surface area (Å²) in [6.07, 6.45) is 0.350. The van der Waals surface area contributed by atoms with E-state index in [0.717, 1.165) is 22.2 Å². The lowest BCUT2D eigenvalue weighted by Crippen LogP contribution is -2.02. The fraction of sp³-hybridized carbons (Fsp3) is 0.333.